The molecule has 0 amide bonds. The second-order valence-corrected chi connectivity index (χ2v) is 2.19. The Kier molecular flexibility index (Phi) is 4.12. The van der Waals surface area contributed by atoms with E-state index in [0.717, 1.165) is 12.8 Å². The number of rotatable bonds is 2. The third kappa shape index (κ3) is 4.58. The molecule has 0 heterocycles. The van der Waals surface area contributed by atoms with Crippen molar-refractivity contribution in [3.8, 4) is 0 Å². The van der Waals surface area contributed by atoms with Gasteiger partial charge in [0.15, 0.2) is 4.84 Å². The average molecular weight is 126 g/mol. The zero-order valence-electron chi connectivity index (χ0n) is 3.67. The highest BCUT2D eigenvalue weighted by Crippen LogP contribution is 2.17. The largest absolute Gasteiger partial charge is 0.150 e. The predicted molar refractivity (Wildman–Crippen MR) is 29.9 cm³/mol. The molecule has 0 saturated heterocycles. The lowest BCUT2D eigenvalue weighted by atomic mass is 10.4. The molecule has 0 aromatic rings. The Morgan fingerprint density at radius 3 is 2.00 bits per heavy atom. The van der Waals surface area contributed by atoms with Gasteiger partial charge in [0.05, 0.1) is 0 Å². The second kappa shape index (κ2) is 3.76. The summed E-state index contributed by atoms with van der Waals surface area (Å²) in [6.45, 7) is 2.03. The van der Waals surface area contributed by atoms with E-state index in [1.165, 1.54) is 0 Å². The standard InChI is InChI=1S/C4H7Cl2/c1-2-3-4(5)6/h2-3H2,1H3. The van der Waals surface area contributed by atoms with Gasteiger partial charge in [0.1, 0.15) is 0 Å². The monoisotopic (exact) mass is 125 g/mol. The molecule has 0 spiro atoms. The third-order valence-corrected chi connectivity index (χ3v) is 0.817. The zero-order valence-corrected chi connectivity index (χ0v) is 5.18. The molecule has 0 rings (SSSR count). The second-order valence-electron chi connectivity index (χ2n) is 1.09. The van der Waals surface area contributed by atoms with Crippen LogP contribution in [0.25, 0.3) is 0 Å². The molecule has 0 saturated carbocycles. The molecule has 2 heteroatoms. The van der Waals surface area contributed by atoms with Gasteiger partial charge in [0, 0.05) is 0 Å². The van der Waals surface area contributed by atoms with Crippen molar-refractivity contribution in [1.29, 1.82) is 0 Å². The molecule has 0 N–H and O–H groups in total. The minimum atomic E-state index is 0.484. The van der Waals surface area contributed by atoms with Crippen LogP contribution < -0.4 is 0 Å². The molecule has 0 aromatic heterocycles. The van der Waals surface area contributed by atoms with Gasteiger partial charge in [0.25, 0.3) is 0 Å². The molecule has 0 aliphatic heterocycles. The summed E-state index contributed by atoms with van der Waals surface area (Å²) in [5, 5.41) is 0. The Morgan fingerprint density at radius 2 is 2.00 bits per heavy atom. The van der Waals surface area contributed by atoms with E-state index in [1.54, 1.807) is 0 Å². The molecule has 0 bridgehead atoms. The van der Waals surface area contributed by atoms with Gasteiger partial charge in [-0.2, -0.15) is 0 Å². The normalized spacial score (nSPS) is 10.0. The lowest BCUT2D eigenvalue weighted by molar-refractivity contribution is 0.924. The summed E-state index contributed by atoms with van der Waals surface area (Å²) in [5.74, 6) is 0. The molecule has 0 fully saturated rings. The molecule has 0 aromatic carbocycles. The van der Waals surface area contributed by atoms with E-state index >= 15 is 0 Å². The van der Waals surface area contributed by atoms with Crippen LogP contribution in [0.1, 0.15) is 19.8 Å². The highest BCUT2D eigenvalue weighted by Gasteiger charge is 1.93. The summed E-state index contributed by atoms with van der Waals surface area (Å²) in [4.78, 5) is 0.484. The average Bonchev–Trinajstić information content (AvgIpc) is 1.35. The van der Waals surface area contributed by atoms with Crippen LogP contribution in [0.3, 0.4) is 0 Å². The van der Waals surface area contributed by atoms with E-state index in [4.69, 9.17) is 23.2 Å². The van der Waals surface area contributed by atoms with Crippen molar-refractivity contribution >= 4 is 23.2 Å². The van der Waals surface area contributed by atoms with Gasteiger partial charge in [0.2, 0.25) is 0 Å². The van der Waals surface area contributed by atoms with Gasteiger partial charge in [-0.05, 0) is 6.42 Å². The van der Waals surface area contributed by atoms with Crippen molar-refractivity contribution < 1.29 is 0 Å². The van der Waals surface area contributed by atoms with Crippen LogP contribution in [0.4, 0.5) is 0 Å². The summed E-state index contributed by atoms with van der Waals surface area (Å²) >= 11 is 10.5. The van der Waals surface area contributed by atoms with Crippen LogP contribution in [0.15, 0.2) is 0 Å². The fourth-order valence-electron chi connectivity index (χ4n) is 0.189. The Labute approximate surface area is 48.4 Å². The molecule has 0 aliphatic rings. The minimum absolute atomic E-state index is 0.484. The lowest BCUT2D eigenvalue weighted by Gasteiger charge is -1.88. The minimum Gasteiger partial charge on any atom is -0.0983 e. The smallest absolute Gasteiger partial charge is 0.0983 e. The summed E-state index contributed by atoms with van der Waals surface area (Å²) in [6.07, 6.45) is 1.85. The maximum atomic E-state index is 5.26. The van der Waals surface area contributed by atoms with Gasteiger partial charge in [-0.3, -0.25) is 0 Å². The topological polar surface area (TPSA) is 0 Å². The fourth-order valence-corrected chi connectivity index (χ4v) is 0.567. The number of halogens is 2. The quantitative estimate of drug-likeness (QED) is 0.533. The van der Waals surface area contributed by atoms with Gasteiger partial charge >= 0.3 is 0 Å². The molecule has 0 atom stereocenters. The fraction of sp³-hybridized carbons (Fsp3) is 0.750. The van der Waals surface area contributed by atoms with E-state index in [9.17, 15) is 0 Å². The highest BCUT2D eigenvalue weighted by atomic mass is 35.5. The molecular weight excluding hydrogens is 119 g/mol. The first kappa shape index (κ1) is 6.58. The maximum Gasteiger partial charge on any atom is 0.150 e. The lowest BCUT2D eigenvalue weighted by Crippen LogP contribution is -1.69. The first-order valence-corrected chi connectivity index (χ1v) is 2.69. The van der Waals surface area contributed by atoms with Crippen LogP contribution >= 0.6 is 23.2 Å². The zero-order chi connectivity index (χ0) is 4.99. The van der Waals surface area contributed by atoms with Crippen LogP contribution in [-0.4, -0.2) is 0 Å². The van der Waals surface area contributed by atoms with E-state index in [2.05, 4.69) is 0 Å². The highest BCUT2D eigenvalue weighted by molar-refractivity contribution is 6.52. The summed E-state index contributed by atoms with van der Waals surface area (Å²) in [6, 6.07) is 0. The van der Waals surface area contributed by atoms with Crippen LogP contribution in [0, 0.1) is 4.84 Å². The molecule has 0 nitrogen and oxygen atoms in total. The van der Waals surface area contributed by atoms with Crippen molar-refractivity contribution in [1.82, 2.24) is 0 Å². The van der Waals surface area contributed by atoms with E-state index in [1.807, 2.05) is 6.92 Å². The van der Waals surface area contributed by atoms with Crippen molar-refractivity contribution in [2.75, 3.05) is 0 Å². The number of hydrogen-bond donors (Lipinski definition) is 0. The van der Waals surface area contributed by atoms with Gasteiger partial charge in [-0.1, -0.05) is 36.5 Å². The SMILES string of the molecule is CCC[C](Cl)Cl. The van der Waals surface area contributed by atoms with Gasteiger partial charge in [-0.15, -0.1) is 0 Å². The van der Waals surface area contributed by atoms with E-state index < -0.39 is 0 Å². The first-order chi connectivity index (χ1) is 2.77. The van der Waals surface area contributed by atoms with E-state index in [-0.39, 0.29) is 0 Å². The summed E-state index contributed by atoms with van der Waals surface area (Å²) < 4.78 is 0. The van der Waals surface area contributed by atoms with Crippen molar-refractivity contribution in [3.05, 3.63) is 4.84 Å². The Bertz CT molecular complexity index is 26.7. The first-order valence-electron chi connectivity index (χ1n) is 1.94. The third-order valence-electron chi connectivity index (χ3n) is 0.439. The molecule has 0 unspecified atom stereocenters. The van der Waals surface area contributed by atoms with Crippen LogP contribution in [0.5, 0.6) is 0 Å². The molecule has 37 valence electrons. The predicted octanol–water partition coefficient (Wildman–Crippen LogP) is 2.75. The Morgan fingerprint density at radius 1 is 1.50 bits per heavy atom. The molecule has 1 radical (unpaired) electrons. The van der Waals surface area contributed by atoms with Crippen molar-refractivity contribution in [3.63, 3.8) is 0 Å². The Hall–Kier alpha value is 0.580. The van der Waals surface area contributed by atoms with Gasteiger partial charge in [-0.25, -0.2) is 0 Å². The van der Waals surface area contributed by atoms with E-state index in [0.29, 0.717) is 4.84 Å². The molecule has 6 heavy (non-hydrogen) atoms. The molecular formula is C4H7Cl2. The van der Waals surface area contributed by atoms with Crippen LogP contribution in [0.2, 0.25) is 0 Å². The summed E-state index contributed by atoms with van der Waals surface area (Å²) in [5.41, 5.74) is 0. The van der Waals surface area contributed by atoms with Crippen molar-refractivity contribution in [2.45, 2.75) is 19.8 Å². The molecule has 0 aliphatic carbocycles. The van der Waals surface area contributed by atoms with Gasteiger partial charge < -0.3 is 0 Å². The van der Waals surface area contributed by atoms with Crippen molar-refractivity contribution in [2.24, 2.45) is 0 Å². The maximum absolute atomic E-state index is 5.26. The summed E-state index contributed by atoms with van der Waals surface area (Å²) in [7, 11) is 0. The number of hydrogen-bond acceptors (Lipinski definition) is 0. The van der Waals surface area contributed by atoms with Crippen LogP contribution in [-0.2, 0) is 0 Å². The Balaban J connectivity index is 2.63.